The van der Waals surface area contributed by atoms with Gasteiger partial charge in [0.2, 0.25) is 11.8 Å². The van der Waals surface area contributed by atoms with E-state index in [1.165, 1.54) is 0 Å². The minimum absolute atomic E-state index is 0.0828. The van der Waals surface area contributed by atoms with E-state index in [1.807, 2.05) is 39.0 Å². The molecule has 0 aliphatic rings. The number of methoxy groups -OCH3 is 2. The molecule has 0 aliphatic carbocycles. The topological polar surface area (TPSA) is 150 Å². The van der Waals surface area contributed by atoms with Crippen LogP contribution in [-0.4, -0.2) is 57.9 Å². The van der Waals surface area contributed by atoms with Gasteiger partial charge in [-0.2, -0.15) is 5.26 Å². The molecule has 0 heterocycles. The van der Waals surface area contributed by atoms with Crippen LogP contribution >= 0.6 is 0 Å². The number of ether oxygens (including phenoxy) is 4. The second kappa shape index (κ2) is 19.9. The first-order valence-electron chi connectivity index (χ1n) is 16.2. The van der Waals surface area contributed by atoms with Gasteiger partial charge in [-0.1, -0.05) is 40.7 Å². The number of primary amides is 1. The summed E-state index contributed by atoms with van der Waals surface area (Å²) >= 11 is 0. The molecule has 2 amide bonds. The Balaban J connectivity index is 3.26. The van der Waals surface area contributed by atoms with Crippen molar-refractivity contribution in [1.82, 2.24) is 5.32 Å². The van der Waals surface area contributed by atoms with Gasteiger partial charge in [0.05, 0.1) is 31.1 Å². The molecule has 0 aliphatic heterocycles. The van der Waals surface area contributed by atoms with Crippen LogP contribution in [0, 0.1) is 46.3 Å². The molecule has 0 spiro atoms. The van der Waals surface area contributed by atoms with Gasteiger partial charge in [-0.15, -0.1) is 0 Å². The number of benzene rings is 1. The van der Waals surface area contributed by atoms with Gasteiger partial charge in [0.1, 0.15) is 6.10 Å². The number of hydrogen-bond donors (Lipinski definition) is 2. The molecule has 10 heteroatoms. The third-order valence-electron chi connectivity index (χ3n) is 8.33. The summed E-state index contributed by atoms with van der Waals surface area (Å²) in [6.07, 6.45) is 2.18. The van der Waals surface area contributed by atoms with Gasteiger partial charge < -0.3 is 30.0 Å². The number of rotatable bonds is 22. The predicted molar refractivity (Wildman–Crippen MR) is 174 cm³/mol. The predicted octanol–water partition coefficient (Wildman–Crippen LogP) is 5.46. The first kappa shape index (κ1) is 39.7. The largest absolute Gasteiger partial charge is 0.493 e. The van der Waals surface area contributed by atoms with Crippen molar-refractivity contribution >= 4 is 17.8 Å². The van der Waals surface area contributed by atoms with Crippen LogP contribution in [0.1, 0.15) is 86.1 Å². The number of nitrogens with zero attached hydrogens (tertiary/aromatic N) is 1. The molecule has 0 fully saturated rings. The van der Waals surface area contributed by atoms with Crippen molar-refractivity contribution in [2.75, 3.05) is 34.0 Å². The third kappa shape index (κ3) is 13.7. The van der Waals surface area contributed by atoms with Crippen LogP contribution in [0.2, 0.25) is 0 Å². The molecule has 3 N–H and O–H groups in total. The summed E-state index contributed by atoms with van der Waals surface area (Å²) in [5.74, 6) is -0.818. The number of nitrogens with two attached hydrogens (primary N) is 1. The fraction of sp³-hybridized carbons (Fsp3) is 0.714. The highest BCUT2D eigenvalue weighted by atomic mass is 16.5. The van der Waals surface area contributed by atoms with Crippen molar-refractivity contribution < 1.29 is 33.3 Å². The number of nitrogens with one attached hydrogen (secondary N) is 1. The Labute approximate surface area is 270 Å². The van der Waals surface area contributed by atoms with Crippen molar-refractivity contribution in [1.29, 1.82) is 5.26 Å². The third-order valence-corrected chi connectivity index (χ3v) is 8.33. The normalized spacial score (nSPS) is 14.3. The Hall–Kier alpha value is -3.32. The molecule has 1 unspecified atom stereocenters. The zero-order valence-electron chi connectivity index (χ0n) is 28.9. The summed E-state index contributed by atoms with van der Waals surface area (Å²) < 4.78 is 22.5. The van der Waals surface area contributed by atoms with Crippen LogP contribution in [0.15, 0.2) is 18.2 Å². The van der Waals surface area contributed by atoms with Gasteiger partial charge in [-0.25, -0.2) is 0 Å². The van der Waals surface area contributed by atoms with Crippen LogP contribution < -0.4 is 20.5 Å². The lowest BCUT2D eigenvalue weighted by Crippen LogP contribution is -2.45. The van der Waals surface area contributed by atoms with Gasteiger partial charge in [0.15, 0.2) is 11.5 Å². The van der Waals surface area contributed by atoms with E-state index in [9.17, 15) is 19.6 Å². The van der Waals surface area contributed by atoms with E-state index in [0.29, 0.717) is 44.0 Å². The second-order valence-electron chi connectivity index (χ2n) is 13.2. The Morgan fingerprint density at radius 2 is 1.71 bits per heavy atom. The molecule has 0 saturated carbocycles. The minimum Gasteiger partial charge on any atom is -0.493 e. The monoisotopic (exact) mass is 631 g/mol. The number of amides is 2. The van der Waals surface area contributed by atoms with Crippen molar-refractivity contribution in [3.63, 3.8) is 0 Å². The maximum Gasteiger partial charge on any atom is 0.306 e. The molecular weight excluding hydrogens is 574 g/mol. The first-order valence-corrected chi connectivity index (χ1v) is 16.2. The van der Waals surface area contributed by atoms with Crippen LogP contribution in [-0.2, 0) is 30.3 Å². The van der Waals surface area contributed by atoms with E-state index in [2.05, 4.69) is 25.2 Å². The fourth-order valence-electron chi connectivity index (χ4n) is 5.04. The molecule has 4 atom stereocenters. The van der Waals surface area contributed by atoms with E-state index in [0.717, 1.165) is 12.0 Å². The molecule has 1 aromatic carbocycles. The highest BCUT2D eigenvalue weighted by Crippen LogP contribution is 2.34. The number of carbonyl (C=O) groups excluding carboxylic acids is 3. The van der Waals surface area contributed by atoms with Crippen LogP contribution in [0.4, 0.5) is 0 Å². The summed E-state index contributed by atoms with van der Waals surface area (Å²) in [5, 5.41) is 13.3. The SMILES string of the molecule is CCCC(=O)O[C@@H](C[C@H](C(=O)NCC(C)(C)C(N)=O)C(C)C)C(C#N)C[C@H](Cc1ccc(OC)c(OCCCOC)c1)C(C)C. The van der Waals surface area contributed by atoms with Crippen molar-refractivity contribution in [2.45, 2.75) is 93.1 Å². The summed E-state index contributed by atoms with van der Waals surface area (Å²) in [6.45, 7) is 14.5. The molecular formula is C35H57N3O7. The average molecular weight is 632 g/mol. The summed E-state index contributed by atoms with van der Waals surface area (Å²) in [5.41, 5.74) is 5.62. The van der Waals surface area contributed by atoms with Crippen molar-refractivity contribution in [3.8, 4) is 17.6 Å². The Morgan fingerprint density at radius 3 is 2.24 bits per heavy atom. The molecule has 0 radical (unpaired) electrons. The zero-order valence-corrected chi connectivity index (χ0v) is 28.9. The lowest BCUT2D eigenvalue weighted by molar-refractivity contribution is -0.153. The molecule has 45 heavy (non-hydrogen) atoms. The first-order chi connectivity index (χ1) is 21.2. The lowest BCUT2D eigenvalue weighted by Gasteiger charge is -2.32. The molecule has 1 rings (SSSR count). The minimum atomic E-state index is -0.917. The van der Waals surface area contributed by atoms with Crippen LogP contribution in [0.5, 0.6) is 11.5 Å². The van der Waals surface area contributed by atoms with Gasteiger partial charge in [0.25, 0.3) is 0 Å². The average Bonchev–Trinajstić information content (AvgIpc) is 2.98. The maximum absolute atomic E-state index is 13.4. The van der Waals surface area contributed by atoms with Gasteiger partial charge in [0, 0.05) is 39.0 Å². The summed E-state index contributed by atoms with van der Waals surface area (Å²) in [7, 11) is 3.26. The molecule has 10 nitrogen and oxygen atoms in total. The van der Waals surface area contributed by atoms with E-state index in [1.54, 1.807) is 28.1 Å². The quantitative estimate of drug-likeness (QED) is 0.127. The van der Waals surface area contributed by atoms with Crippen LogP contribution in [0.3, 0.4) is 0 Å². The maximum atomic E-state index is 13.4. The standard InChI is InChI=1S/C35H57N3O7/c1-10-12-32(39)45-30(20-28(24(4)5)33(40)38-22-35(6,7)34(37)41)27(21-36)19-26(23(2)3)17-25-13-14-29(43-9)31(18-25)44-16-11-15-42-8/h13-14,18,23-24,26-28,30H,10-12,15-17,19-20,22H2,1-9H3,(H2,37,41)(H,38,40)/t26-,27?,28-,30-/m0/s1. The Kier molecular flexibility index (Phi) is 17.6. The molecule has 0 aromatic heterocycles. The molecule has 0 saturated heterocycles. The van der Waals surface area contributed by atoms with E-state index in [-0.39, 0.29) is 49.0 Å². The van der Waals surface area contributed by atoms with E-state index in [4.69, 9.17) is 24.7 Å². The van der Waals surface area contributed by atoms with Gasteiger partial charge in [-0.3, -0.25) is 14.4 Å². The molecule has 1 aromatic rings. The van der Waals surface area contributed by atoms with Crippen molar-refractivity contribution in [3.05, 3.63) is 23.8 Å². The number of carbonyl (C=O) groups is 3. The Morgan fingerprint density at radius 1 is 1.02 bits per heavy atom. The van der Waals surface area contributed by atoms with Crippen molar-refractivity contribution in [2.24, 2.45) is 40.7 Å². The highest BCUT2D eigenvalue weighted by Gasteiger charge is 2.36. The fourth-order valence-corrected chi connectivity index (χ4v) is 5.04. The van der Waals surface area contributed by atoms with E-state index >= 15 is 0 Å². The molecule has 0 bridgehead atoms. The number of nitriles is 1. The summed E-state index contributed by atoms with van der Waals surface area (Å²) in [6, 6.07) is 8.29. The summed E-state index contributed by atoms with van der Waals surface area (Å²) in [4.78, 5) is 37.9. The Bertz CT molecular complexity index is 1110. The lowest BCUT2D eigenvalue weighted by atomic mass is 9.78. The van der Waals surface area contributed by atoms with Crippen LogP contribution in [0.25, 0.3) is 0 Å². The second-order valence-corrected chi connectivity index (χ2v) is 13.2. The smallest absolute Gasteiger partial charge is 0.306 e. The van der Waals surface area contributed by atoms with E-state index < -0.39 is 29.3 Å². The highest BCUT2D eigenvalue weighted by molar-refractivity contribution is 5.83. The van der Waals surface area contributed by atoms with Gasteiger partial charge >= 0.3 is 5.97 Å². The van der Waals surface area contributed by atoms with Gasteiger partial charge in [-0.05, 0) is 75.0 Å². The zero-order chi connectivity index (χ0) is 34.2. The number of esters is 1. The molecule has 254 valence electrons. The number of hydrogen-bond acceptors (Lipinski definition) is 8.